The molecular weight excluding hydrogens is 264 g/mol. The summed E-state index contributed by atoms with van der Waals surface area (Å²) in [5.41, 5.74) is 1.51. The Balaban J connectivity index is 2.10. The van der Waals surface area contributed by atoms with Gasteiger partial charge in [-0.1, -0.05) is 17.7 Å². The molecule has 0 aliphatic carbocycles. The monoisotopic (exact) mass is 274 g/mol. The number of ether oxygens (including phenoxy) is 1. The summed E-state index contributed by atoms with van der Waals surface area (Å²) >= 11 is 5.93. The lowest BCUT2D eigenvalue weighted by Gasteiger charge is -2.05. The first kappa shape index (κ1) is 12.0. The molecule has 0 bridgehead atoms. The third kappa shape index (κ3) is 2.15. The second-order valence-corrected chi connectivity index (χ2v) is 4.64. The second-order valence-electron chi connectivity index (χ2n) is 4.20. The van der Waals surface area contributed by atoms with Gasteiger partial charge >= 0.3 is 0 Å². The van der Waals surface area contributed by atoms with Crippen LogP contribution < -0.4 is 4.74 Å². The molecule has 0 unspecified atom stereocenters. The van der Waals surface area contributed by atoms with Gasteiger partial charge in [0.05, 0.1) is 0 Å². The molecule has 2 heterocycles. The Morgan fingerprint density at radius 2 is 2.05 bits per heavy atom. The smallest absolute Gasteiger partial charge is 0.233 e. The van der Waals surface area contributed by atoms with E-state index >= 15 is 0 Å². The molecule has 3 rings (SSSR count). The molecule has 96 valence electrons. The summed E-state index contributed by atoms with van der Waals surface area (Å²) in [7, 11) is 0. The summed E-state index contributed by atoms with van der Waals surface area (Å²) in [6.45, 7) is 3.84. The Hall–Kier alpha value is -2.07. The molecule has 0 amide bonds. The highest BCUT2D eigenvalue weighted by atomic mass is 35.5. The van der Waals surface area contributed by atoms with E-state index in [-0.39, 0.29) is 0 Å². The van der Waals surface area contributed by atoms with Gasteiger partial charge in [0.15, 0.2) is 0 Å². The molecule has 0 saturated carbocycles. The van der Waals surface area contributed by atoms with Gasteiger partial charge in [0.2, 0.25) is 11.6 Å². The number of hydrogen-bond donors (Lipinski definition) is 0. The fourth-order valence-electron chi connectivity index (χ4n) is 1.87. The maximum absolute atomic E-state index is 5.93. The average molecular weight is 275 g/mol. The zero-order chi connectivity index (χ0) is 13.4. The first-order valence-electron chi connectivity index (χ1n) is 5.79. The number of aromatic nitrogens is 2. The molecule has 0 atom stereocenters. The van der Waals surface area contributed by atoms with Crippen LogP contribution in [0, 0.1) is 13.8 Å². The number of aryl methyl sites for hydroxylation is 2. The van der Waals surface area contributed by atoms with Crippen molar-refractivity contribution >= 4 is 22.7 Å². The number of rotatable bonds is 2. The zero-order valence-corrected chi connectivity index (χ0v) is 11.2. The van der Waals surface area contributed by atoms with Gasteiger partial charge in [-0.3, -0.25) is 0 Å². The standard InChI is InChI=1S/C14H11ClN2O2/c1-8-9(2)18-13-12(8)14(17-7-16-13)19-11-5-3-4-10(15)6-11/h3-7H,1-2H3. The van der Waals surface area contributed by atoms with Crippen LogP contribution in [0.25, 0.3) is 11.1 Å². The highest BCUT2D eigenvalue weighted by molar-refractivity contribution is 6.30. The number of fused-ring (bicyclic) bond motifs is 1. The van der Waals surface area contributed by atoms with Crippen molar-refractivity contribution in [3.05, 3.63) is 46.9 Å². The summed E-state index contributed by atoms with van der Waals surface area (Å²) in [5.74, 6) is 1.92. The Bertz CT molecular complexity index is 752. The summed E-state index contributed by atoms with van der Waals surface area (Å²) in [6.07, 6.45) is 1.42. The van der Waals surface area contributed by atoms with Crippen LogP contribution in [0.5, 0.6) is 11.6 Å². The molecule has 19 heavy (non-hydrogen) atoms. The fraction of sp³-hybridized carbons (Fsp3) is 0.143. The molecule has 2 aromatic heterocycles. The Morgan fingerprint density at radius 1 is 1.21 bits per heavy atom. The third-order valence-corrected chi connectivity index (χ3v) is 3.18. The number of halogens is 1. The Kier molecular flexibility index (Phi) is 2.87. The van der Waals surface area contributed by atoms with Gasteiger partial charge in [-0.25, -0.2) is 9.97 Å². The molecule has 0 N–H and O–H groups in total. The number of benzene rings is 1. The van der Waals surface area contributed by atoms with Crippen LogP contribution in [0.1, 0.15) is 11.3 Å². The highest BCUT2D eigenvalue weighted by Gasteiger charge is 2.15. The Morgan fingerprint density at radius 3 is 2.84 bits per heavy atom. The van der Waals surface area contributed by atoms with Gasteiger partial charge in [-0.2, -0.15) is 0 Å². The van der Waals surface area contributed by atoms with E-state index in [1.165, 1.54) is 6.33 Å². The van der Waals surface area contributed by atoms with Crippen LogP contribution in [-0.2, 0) is 0 Å². The Labute approximate surface area is 115 Å². The molecule has 5 heteroatoms. The van der Waals surface area contributed by atoms with Crippen LogP contribution in [0.2, 0.25) is 5.02 Å². The van der Waals surface area contributed by atoms with Crippen LogP contribution >= 0.6 is 11.6 Å². The second kappa shape index (κ2) is 4.55. The van der Waals surface area contributed by atoms with E-state index in [1.807, 2.05) is 26.0 Å². The maximum atomic E-state index is 5.93. The number of furan rings is 1. The van der Waals surface area contributed by atoms with Crippen LogP contribution in [0.15, 0.2) is 35.0 Å². The minimum atomic E-state index is 0.474. The van der Waals surface area contributed by atoms with Crippen molar-refractivity contribution < 1.29 is 9.15 Å². The number of hydrogen-bond acceptors (Lipinski definition) is 4. The van der Waals surface area contributed by atoms with E-state index < -0.39 is 0 Å². The zero-order valence-electron chi connectivity index (χ0n) is 10.5. The van der Waals surface area contributed by atoms with E-state index in [9.17, 15) is 0 Å². The van der Waals surface area contributed by atoms with Crippen molar-refractivity contribution in [2.75, 3.05) is 0 Å². The predicted molar refractivity (Wildman–Crippen MR) is 72.8 cm³/mol. The summed E-state index contributed by atoms with van der Waals surface area (Å²) < 4.78 is 11.3. The van der Waals surface area contributed by atoms with Crippen molar-refractivity contribution in [2.24, 2.45) is 0 Å². The van der Waals surface area contributed by atoms with Crippen molar-refractivity contribution in [1.82, 2.24) is 9.97 Å². The molecule has 0 aliphatic rings. The van der Waals surface area contributed by atoms with Gasteiger partial charge in [0.1, 0.15) is 23.2 Å². The molecular formula is C14H11ClN2O2. The van der Waals surface area contributed by atoms with E-state index in [2.05, 4.69) is 9.97 Å². The quantitative estimate of drug-likeness (QED) is 0.699. The van der Waals surface area contributed by atoms with E-state index in [0.717, 1.165) is 16.7 Å². The first-order chi connectivity index (χ1) is 9.15. The van der Waals surface area contributed by atoms with E-state index in [4.69, 9.17) is 20.8 Å². The minimum Gasteiger partial charge on any atom is -0.443 e. The van der Waals surface area contributed by atoms with Crippen molar-refractivity contribution in [3.63, 3.8) is 0 Å². The van der Waals surface area contributed by atoms with Crippen LogP contribution in [0.4, 0.5) is 0 Å². The summed E-state index contributed by atoms with van der Waals surface area (Å²) in [4.78, 5) is 8.27. The van der Waals surface area contributed by atoms with Gasteiger partial charge in [-0.05, 0) is 32.0 Å². The molecule has 0 saturated heterocycles. The van der Waals surface area contributed by atoms with E-state index in [1.54, 1.807) is 12.1 Å². The number of nitrogens with zero attached hydrogens (tertiary/aromatic N) is 2. The van der Waals surface area contributed by atoms with Gasteiger partial charge in [-0.15, -0.1) is 0 Å². The lowest BCUT2D eigenvalue weighted by Crippen LogP contribution is -1.90. The van der Waals surface area contributed by atoms with Gasteiger partial charge < -0.3 is 9.15 Å². The first-order valence-corrected chi connectivity index (χ1v) is 6.17. The summed E-state index contributed by atoms with van der Waals surface area (Å²) in [5, 5.41) is 1.41. The lowest BCUT2D eigenvalue weighted by atomic mass is 10.2. The largest absolute Gasteiger partial charge is 0.443 e. The molecule has 1 aromatic carbocycles. The van der Waals surface area contributed by atoms with Crippen molar-refractivity contribution in [3.8, 4) is 11.6 Å². The maximum Gasteiger partial charge on any atom is 0.233 e. The SMILES string of the molecule is Cc1oc2ncnc(Oc3cccc(Cl)c3)c2c1C. The molecule has 4 nitrogen and oxygen atoms in total. The molecule has 0 aliphatic heterocycles. The normalized spacial score (nSPS) is 10.9. The third-order valence-electron chi connectivity index (χ3n) is 2.94. The average Bonchev–Trinajstić information content (AvgIpc) is 2.66. The lowest BCUT2D eigenvalue weighted by molar-refractivity contribution is 0.467. The minimum absolute atomic E-state index is 0.474. The molecule has 0 spiro atoms. The summed E-state index contributed by atoms with van der Waals surface area (Å²) in [6, 6.07) is 7.17. The van der Waals surface area contributed by atoms with Gasteiger partial charge in [0.25, 0.3) is 0 Å². The molecule has 3 aromatic rings. The highest BCUT2D eigenvalue weighted by Crippen LogP contribution is 2.32. The van der Waals surface area contributed by atoms with Gasteiger partial charge in [0, 0.05) is 10.6 Å². The van der Waals surface area contributed by atoms with Crippen molar-refractivity contribution in [1.29, 1.82) is 0 Å². The molecule has 0 fully saturated rings. The van der Waals surface area contributed by atoms with Crippen LogP contribution in [0.3, 0.4) is 0 Å². The van der Waals surface area contributed by atoms with E-state index in [0.29, 0.717) is 22.4 Å². The van der Waals surface area contributed by atoms with Crippen molar-refractivity contribution in [2.45, 2.75) is 13.8 Å². The van der Waals surface area contributed by atoms with Crippen LogP contribution in [-0.4, -0.2) is 9.97 Å². The topological polar surface area (TPSA) is 48.2 Å². The predicted octanol–water partition coefficient (Wildman–Crippen LogP) is 4.29. The molecule has 0 radical (unpaired) electrons. The fourth-order valence-corrected chi connectivity index (χ4v) is 2.05.